The zero-order chi connectivity index (χ0) is 30.8. The number of likely N-dealkylation sites (tertiary alicyclic amines) is 1. The van der Waals surface area contributed by atoms with Crippen LogP contribution in [0.25, 0.3) is 0 Å². The van der Waals surface area contributed by atoms with E-state index >= 15 is 0 Å². The van der Waals surface area contributed by atoms with E-state index in [1.165, 1.54) is 0 Å². The fourth-order valence-corrected chi connectivity index (χ4v) is 6.47. The topological polar surface area (TPSA) is 120 Å². The minimum absolute atomic E-state index is 0.0298. The first kappa shape index (κ1) is 32.2. The third-order valence-electron chi connectivity index (χ3n) is 8.93. The largest absolute Gasteiger partial charge is 0.355 e. The standard InChI is InChI=1S/C34H47N5O4/c1-4-36-33(42)30(28(24-15-8-5-9-16-24)25-17-10-6-11-18-25)38-32(41)27-21-14-22-39(27)34(43)29(26-19-12-7-13-20-26)37-31(40)23(2)35-3/h5-6,8-11,15-18,23,26-30,35H,4,7,12-14,19-22H2,1-3H3,(H,36,42)(H,37,40)(H,38,41)/t23-,27?,29-,30-/m0/s1. The number of likely N-dealkylation sites (N-methyl/N-ethyl adjacent to an activating group) is 2. The summed E-state index contributed by atoms with van der Waals surface area (Å²) >= 11 is 0. The Hall–Kier alpha value is -3.72. The zero-order valence-electron chi connectivity index (χ0n) is 25.7. The van der Waals surface area contributed by atoms with Gasteiger partial charge in [-0.05, 0) is 63.6 Å². The van der Waals surface area contributed by atoms with Crippen LogP contribution in [-0.2, 0) is 19.2 Å². The molecule has 43 heavy (non-hydrogen) atoms. The quantitative estimate of drug-likeness (QED) is 0.303. The smallest absolute Gasteiger partial charge is 0.246 e. The minimum Gasteiger partial charge on any atom is -0.355 e. The summed E-state index contributed by atoms with van der Waals surface area (Å²) in [5, 5.41) is 11.9. The van der Waals surface area contributed by atoms with Crippen LogP contribution < -0.4 is 21.3 Å². The summed E-state index contributed by atoms with van der Waals surface area (Å²) in [6, 6.07) is 16.7. The average Bonchev–Trinajstić information content (AvgIpc) is 3.54. The van der Waals surface area contributed by atoms with Crippen molar-refractivity contribution in [2.45, 2.75) is 88.9 Å². The van der Waals surface area contributed by atoms with Crippen molar-refractivity contribution in [3.05, 3.63) is 71.8 Å². The minimum atomic E-state index is -0.889. The molecular formula is C34H47N5O4. The number of hydrogen-bond acceptors (Lipinski definition) is 5. The molecule has 0 aromatic heterocycles. The maximum Gasteiger partial charge on any atom is 0.246 e. The molecule has 2 aliphatic rings. The van der Waals surface area contributed by atoms with E-state index in [2.05, 4.69) is 21.3 Å². The molecule has 9 nitrogen and oxygen atoms in total. The Kier molecular flexibility index (Phi) is 11.7. The monoisotopic (exact) mass is 589 g/mol. The van der Waals surface area contributed by atoms with Gasteiger partial charge in [0.1, 0.15) is 18.1 Å². The number of carbonyl (C=O) groups is 4. The Morgan fingerprint density at radius 1 is 0.814 bits per heavy atom. The molecular weight excluding hydrogens is 542 g/mol. The van der Waals surface area contributed by atoms with Crippen LogP contribution in [-0.4, -0.2) is 72.8 Å². The number of nitrogens with zero attached hydrogens (tertiary/aromatic N) is 1. The average molecular weight is 590 g/mol. The summed E-state index contributed by atoms with van der Waals surface area (Å²) in [7, 11) is 1.71. The van der Waals surface area contributed by atoms with Crippen LogP contribution in [0.15, 0.2) is 60.7 Å². The molecule has 4 N–H and O–H groups in total. The normalized spacial score (nSPS) is 19.3. The van der Waals surface area contributed by atoms with Crippen LogP contribution >= 0.6 is 0 Å². The maximum atomic E-state index is 14.1. The molecule has 9 heteroatoms. The summed E-state index contributed by atoms with van der Waals surface area (Å²) < 4.78 is 0. The lowest BCUT2D eigenvalue weighted by atomic mass is 9.83. The lowest BCUT2D eigenvalue weighted by Crippen LogP contribution is -2.59. The van der Waals surface area contributed by atoms with Crippen molar-refractivity contribution in [2.75, 3.05) is 20.1 Å². The van der Waals surface area contributed by atoms with Gasteiger partial charge in [0.15, 0.2) is 0 Å². The van der Waals surface area contributed by atoms with Crippen LogP contribution in [0.1, 0.15) is 75.8 Å². The third-order valence-corrected chi connectivity index (χ3v) is 8.93. The first-order valence-corrected chi connectivity index (χ1v) is 15.8. The number of benzene rings is 2. The molecule has 0 spiro atoms. The first-order chi connectivity index (χ1) is 20.8. The van der Waals surface area contributed by atoms with Gasteiger partial charge in [0.05, 0.1) is 6.04 Å². The molecule has 1 saturated heterocycles. The first-order valence-electron chi connectivity index (χ1n) is 15.8. The lowest BCUT2D eigenvalue weighted by Gasteiger charge is -2.36. The van der Waals surface area contributed by atoms with Crippen LogP contribution in [0.4, 0.5) is 0 Å². The second-order valence-electron chi connectivity index (χ2n) is 11.8. The summed E-state index contributed by atoms with van der Waals surface area (Å²) in [6.45, 7) is 4.47. The van der Waals surface area contributed by atoms with E-state index < -0.39 is 30.1 Å². The van der Waals surface area contributed by atoms with Gasteiger partial charge in [-0.2, -0.15) is 0 Å². The summed E-state index contributed by atoms with van der Waals surface area (Å²) in [5.74, 6) is -1.47. The molecule has 0 bridgehead atoms. The molecule has 2 aromatic rings. The molecule has 1 unspecified atom stereocenters. The molecule has 0 radical (unpaired) electrons. The molecule has 4 amide bonds. The van der Waals surface area contributed by atoms with Gasteiger partial charge in [-0.25, -0.2) is 0 Å². The highest BCUT2D eigenvalue weighted by Crippen LogP contribution is 2.31. The SMILES string of the molecule is CCNC(=O)[C@@H](NC(=O)C1CCCN1C(=O)[C@@H](NC(=O)[C@H](C)NC)C1CCCCC1)C(c1ccccc1)c1ccccc1. The van der Waals surface area contributed by atoms with E-state index in [1.807, 2.05) is 67.6 Å². The van der Waals surface area contributed by atoms with E-state index in [-0.39, 0.29) is 29.5 Å². The van der Waals surface area contributed by atoms with Gasteiger partial charge < -0.3 is 26.2 Å². The number of nitrogens with one attached hydrogen (secondary N) is 4. The van der Waals surface area contributed by atoms with E-state index in [9.17, 15) is 19.2 Å². The highest BCUT2D eigenvalue weighted by molar-refractivity contribution is 5.95. The van der Waals surface area contributed by atoms with Crippen molar-refractivity contribution in [1.82, 2.24) is 26.2 Å². The molecule has 2 aromatic carbocycles. The molecule has 2 fully saturated rings. The van der Waals surface area contributed by atoms with Crippen LogP contribution in [0, 0.1) is 5.92 Å². The Balaban J connectivity index is 1.61. The van der Waals surface area contributed by atoms with E-state index in [4.69, 9.17) is 0 Å². The van der Waals surface area contributed by atoms with Crippen LogP contribution in [0.2, 0.25) is 0 Å². The van der Waals surface area contributed by atoms with Gasteiger partial charge in [0.2, 0.25) is 23.6 Å². The van der Waals surface area contributed by atoms with Crippen molar-refractivity contribution >= 4 is 23.6 Å². The summed E-state index contributed by atoms with van der Waals surface area (Å²) in [5.41, 5.74) is 1.81. The Labute approximate surface area is 255 Å². The number of rotatable bonds is 12. The van der Waals surface area contributed by atoms with Crippen molar-refractivity contribution < 1.29 is 19.2 Å². The Morgan fingerprint density at radius 3 is 1.98 bits per heavy atom. The molecule has 4 rings (SSSR count). The number of amides is 4. The Bertz CT molecular complexity index is 1180. The van der Waals surface area contributed by atoms with Gasteiger partial charge in [0, 0.05) is 19.0 Å². The van der Waals surface area contributed by atoms with E-state index in [0.29, 0.717) is 25.9 Å². The van der Waals surface area contributed by atoms with Gasteiger partial charge in [-0.3, -0.25) is 19.2 Å². The molecule has 1 aliphatic carbocycles. The highest BCUT2D eigenvalue weighted by Gasteiger charge is 2.42. The van der Waals surface area contributed by atoms with Gasteiger partial charge in [-0.1, -0.05) is 79.9 Å². The van der Waals surface area contributed by atoms with Gasteiger partial charge >= 0.3 is 0 Å². The third kappa shape index (κ3) is 8.02. The van der Waals surface area contributed by atoms with Crippen molar-refractivity contribution in [1.29, 1.82) is 0 Å². The lowest BCUT2D eigenvalue weighted by molar-refractivity contribution is -0.143. The van der Waals surface area contributed by atoms with Gasteiger partial charge in [-0.15, -0.1) is 0 Å². The van der Waals surface area contributed by atoms with Crippen molar-refractivity contribution in [3.63, 3.8) is 0 Å². The molecule has 1 aliphatic heterocycles. The number of carbonyl (C=O) groups excluding carboxylic acids is 4. The predicted molar refractivity (Wildman–Crippen MR) is 167 cm³/mol. The molecule has 1 heterocycles. The number of hydrogen-bond donors (Lipinski definition) is 4. The fraction of sp³-hybridized carbons (Fsp3) is 0.529. The maximum absolute atomic E-state index is 14.1. The summed E-state index contributed by atoms with van der Waals surface area (Å²) in [4.78, 5) is 56.3. The molecule has 1 saturated carbocycles. The predicted octanol–water partition coefficient (Wildman–Crippen LogP) is 3.10. The second-order valence-corrected chi connectivity index (χ2v) is 11.8. The fourth-order valence-electron chi connectivity index (χ4n) is 6.47. The van der Waals surface area contributed by atoms with E-state index in [0.717, 1.165) is 43.2 Å². The van der Waals surface area contributed by atoms with Crippen molar-refractivity contribution in [3.8, 4) is 0 Å². The summed E-state index contributed by atoms with van der Waals surface area (Å²) in [6.07, 6.45) is 6.07. The molecule has 4 atom stereocenters. The van der Waals surface area contributed by atoms with Crippen LogP contribution in [0.3, 0.4) is 0 Å². The van der Waals surface area contributed by atoms with E-state index in [1.54, 1.807) is 18.9 Å². The zero-order valence-corrected chi connectivity index (χ0v) is 25.7. The van der Waals surface area contributed by atoms with Crippen LogP contribution in [0.5, 0.6) is 0 Å². The Morgan fingerprint density at radius 2 is 1.42 bits per heavy atom. The second kappa shape index (κ2) is 15.7. The highest BCUT2D eigenvalue weighted by atomic mass is 16.2. The van der Waals surface area contributed by atoms with Crippen molar-refractivity contribution in [2.24, 2.45) is 5.92 Å². The van der Waals surface area contributed by atoms with Gasteiger partial charge in [0.25, 0.3) is 0 Å². The molecule has 232 valence electrons.